The summed E-state index contributed by atoms with van der Waals surface area (Å²) in [5, 5.41) is 15.9. The van der Waals surface area contributed by atoms with Crippen molar-refractivity contribution in [3.63, 3.8) is 0 Å². The third-order valence-electron chi connectivity index (χ3n) is 16.6. The molecule has 0 spiro atoms. The molecule has 4 aliphatic rings. The van der Waals surface area contributed by atoms with Crippen molar-refractivity contribution in [3.05, 3.63) is 24.3 Å². The van der Waals surface area contributed by atoms with Crippen molar-refractivity contribution in [2.45, 2.75) is 210 Å². The third kappa shape index (κ3) is 13.5. The number of benzene rings is 2. The van der Waals surface area contributed by atoms with E-state index in [-0.39, 0.29) is 95.1 Å². The highest BCUT2D eigenvalue weighted by Crippen LogP contribution is 2.46. The minimum Gasteiger partial charge on any atom is -0.422 e. The van der Waals surface area contributed by atoms with Crippen molar-refractivity contribution in [3.8, 4) is 23.0 Å². The second kappa shape index (κ2) is 24.0. The van der Waals surface area contributed by atoms with E-state index >= 15 is 0 Å². The highest BCUT2D eigenvalue weighted by Gasteiger charge is 2.41. The normalized spacial score (nSPS) is 30.0. The highest BCUT2D eigenvalue weighted by atomic mass is 16.6. The molecule has 392 valence electrons. The monoisotopic (exact) mass is 973 g/mol. The summed E-state index contributed by atoms with van der Waals surface area (Å²) in [5.74, 6) is -0.315. The van der Waals surface area contributed by atoms with Gasteiger partial charge in [0.1, 0.15) is 0 Å². The van der Waals surface area contributed by atoms with Gasteiger partial charge >= 0.3 is 23.9 Å². The molecule has 4 heterocycles. The molecule has 4 fully saturated rings. The predicted octanol–water partition coefficient (Wildman–Crippen LogP) is 10.7. The van der Waals surface area contributed by atoms with Crippen LogP contribution in [0, 0.1) is 71.0 Å². The summed E-state index contributed by atoms with van der Waals surface area (Å²) in [6.45, 7) is 34.7. The number of esters is 4. The van der Waals surface area contributed by atoms with Crippen molar-refractivity contribution in [2.24, 2.45) is 71.0 Å². The third-order valence-corrected chi connectivity index (χ3v) is 16.6. The van der Waals surface area contributed by atoms with Crippen molar-refractivity contribution < 1.29 is 38.1 Å². The van der Waals surface area contributed by atoms with Gasteiger partial charge in [-0.1, -0.05) is 111 Å². The van der Waals surface area contributed by atoms with Crippen LogP contribution in [0.4, 0.5) is 0 Å². The van der Waals surface area contributed by atoms with Gasteiger partial charge in [0, 0.05) is 59.1 Å². The largest absolute Gasteiger partial charge is 0.422 e. The van der Waals surface area contributed by atoms with E-state index in [0.29, 0.717) is 109 Å². The van der Waals surface area contributed by atoms with Crippen LogP contribution in [0.15, 0.2) is 24.3 Å². The van der Waals surface area contributed by atoms with E-state index in [1.54, 1.807) is 24.3 Å². The molecule has 2 aromatic carbocycles. The zero-order chi connectivity index (χ0) is 51.5. The molecule has 0 aromatic heterocycles. The summed E-state index contributed by atoms with van der Waals surface area (Å²) in [5.41, 5.74) is 0. The quantitative estimate of drug-likeness (QED) is 0.0935. The second-order valence-electron chi connectivity index (χ2n) is 24.7. The zero-order valence-corrected chi connectivity index (χ0v) is 45.8. The second-order valence-corrected chi connectivity index (χ2v) is 24.7. The summed E-state index contributed by atoms with van der Waals surface area (Å²) in [6, 6.07) is 7.76. The number of hydrogen-bond acceptors (Lipinski definition) is 12. The fourth-order valence-corrected chi connectivity index (χ4v) is 11.4. The van der Waals surface area contributed by atoms with Crippen LogP contribution in [0.5, 0.6) is 23.0 Å². The minimum absolute atomic E-state index is 0.0843. The molecule has 4 aliphatic heterocycles. The van der Waals surface area contributed by atoms with Gasteiger partial charge in [-0.15, -0.1) is 0 Å². The van der Waals surface area contributed by atoms with E-state index in [9.17, 15) is 19.2 Å². The Morgan fingerprint density at radius 1 is 0.329 bits per heavy atom. The molecule has 4 saturated heterocycles. The van der Waals surface area contributed by atoms with Gasteiger partial charge in [0.15, 0.2) is 23.0 Å². The summed E-state index contributed by atoms with van der Waals surface area (Å²) in [6.07, 6.45) is 4.89. The Kier molecular flexibility index (Phi) is 19.1. The average Bonchev–Trinajstić information content (AvgIpc) is 3.31. The standard InChI is InChI=1S/C58H92N4O8/c1-29(2)43-21-37(22-44(59-43)30(3)4)55(63)67-51-19-17-42-41(53(51)69-57(65)39-25-47(33(9)10)61-48(26-39)34(11)12)18-20-52(68-56(64)38-23-45(31(5)6)60-46(24-38)32(7)8)54(42)70-58(66)40-27-49(35(13)14)62-50(28-40)36(15)16/h17-20,29-40,43-50,59-62H,21-28H2,1-16H3. The SMILES string of the molecule is CC(C)C1CC(C(=O)Oc2ccc3c(OC(=O)C4CC(C(C)C)NC(C(C)C)C4)c(OC(=O)C4CC(C(C)C)NC(C(C)C)C4)ccc3c2OC(=O)C2CC(C(C)C)NC(C(C)C)C2)CC(C(C)C)N1. The van der Waals surface area contributed by atoms with Crippen LogP contribution >= 0.6 is 0 Å². The van der Waals surface area contributed by atoms with Crippen LogP contribution in [0.1, 0.15) is 162 Å². The Bertz CT molecular complexity index is 1900. The van der Waals surface area contributed by atoms with Crippen molar-refractivity contribution in [1.29, 1.82) is 0 Å². The van der Waals surface area contributed by atoms with Gasteiger partial charge in [-0.2, -0.15) is 0 Å². The number of rotatable bonds is 16. The number of carbonyl (C=O) groups is 4. The molecule has 0 amide bonds. The molecule has 0 bridgehead atoms. The van der Waals surface area contributed by atoms with E-state index in [4.69, 9.17) is 18.9 Å². The number of ether oxygens (including phenoxy) is 4. The molecule has 2 aromatic rings. The first kappa shape index (κ1) is 55.7. The van der Waals surface area contributed by atoms with E-state index < -0.39 is 23.8 Å². The van der Waals surface area contributed by atoms with E-state index in [1.807, 2.05) is 0 Å². The number of nitrogens with one attached hydrogen (secondary N) is 4. The van der Waals surface area contributed by atoms with E-state index in [1.165, 1.54) is 0 Å². The van der Waals surface area contributed by atoms with Gasteiger partial charge in [0.25, 0.3) is 0 Å². The molecule has 4 N–H and O–H groups in total. The maximum Gasteiger partial charge on any atom is 0.314 e. The predicted molar refractivity (Wildman–Crippen MR) is 279 cm³/mol. The van der Waals surface area contributed by atoms with Crippen LogP contribution < -0.4 is 40.2 Å². The Labute approximate surface area is 421 Å². The summed E-state index contributed by atoms with van der Waals surface area (Å²) < 4.78 is 26.0. The van der Waals surface area contributed by atoms with Gasteiger partial charge in [-0.05, 0) is 123 Å². The first-order chi connectivity index (χ1) is 32.9. The van der Waals surface area contributed by atoms with E-state index in [0.717, 1.165) is 0 Å². The van der Waals surface area contributed by atoms with Gasteiger partial charge in [-0.25, -0.2) is 0 Å². The molecule has 70 heavy (non-hydrogen) atoms. The molecular weight excluding hydrogens is 881 g/mol. The van der Waals surface area contributed by atoms with Crippen LogP contribution in [0.2, 0.25) is 0 Å². The number of carbonyl (C=O) groups excluding carboxylic acids is 4. The van der Waals surface area contributed by atoms with Crippen LogP contribution in [-0.2, 0) is 19.2 Å². The number of piperidine rings is 4. The molecule has 8 unspecified atom stereocenters. The molecule has 8 atom stereocenters. The molecule has 0 saturated carbocycles. The average molecular weight is 973 g/mol. The molecule has 6 rings (SSSR count). The lowest BCUT2D eigenvalue weighted by molar-refractivity contribution is -0.143. The van der Waals surface area contributed by atoms with Gasteiger partial charge in [0.05, 0.1) is 23.7 Å². The molecule has 12 heteroatoms. The molecule has 0 aliphatic carbocycles. The minimum atomic E-state index is -0.419. The lowest BCUT2D eigenvalue weighted by atomic mass is 9.80. The van der Waals surface area contributed by atoms with Crippen LogP contribution in [0.25, 0.3) is 10.8 Å². The maximum atomic E-state index is 14.7. The summed E-state index contributed by atoms with van der Waals surface area (Å²) in [7, 11) is 0. The van der Waals surface area contributed by atoms with Crippen LogP contribution in [-0.4, -0.2) is 72.2 Å². The zero-order valence-electron chi connectivity index (χ0n) is 45.8. The molecular formula is C58H92N4O8. The van der Waals surface area contributed by atoms with Gasteiger partial charge < -0.3 is 40.2 Å². The molecule has 12 nitrogen and oxygen atoms in total. The van der Waals surface area contributed by atoms with Crippen molar-refractivity contribution in [2.75, 3.05) is 0 Å². The summed E-state index contributed by atoms with van der Waals surface area (Å²) in [4.78, 5) is 58.4. The maximum absolute atomic E-state index is 14.7. The van der Waals surface area contributed by atoms with Gasteiger partial charge in [0.2, 0.25) is 0 Å². The van der Waals surface area contributed by atoms with Crippen molar-refractivity contribution >= 4 is 34.6 Å². The Hall–Kier alpha value is -3.58. The smallest absolute Gasteiger partial charge is 0.314 e. The Balaban J connectivity index is 1.46. The highest BCUT2D eigenvalue weighted by molar-refractivity contribution is 6.00. The van der Waals surface area contributed by atoms with E-state index in [2.05, 4.69) is 132 Å². The van der Waals surface area contributed by atoms with Crippen molar-refractivity contribution in [1.82, 2.24) is 21.3 Å². The topological polar surface area (TPSA) is 153 Å². The first-order valence-electron chi connectivity index (χ1n) is 27.4. The molecule has 0 radical (unpaired) electrons. The van der Waals surface area contributed by atoms with Gasteiger partial charge in [-0.3, -0.25) is 19.2 Å². The first-order valence-corrected chi connectivity index (χ1v) is 27.4. The Morgan fingerprint density at radius 2 is 0.514 bits per heavy atom. The lowest BCUT2D eigenvalue weighted by Crippen LogP contribution is -2.52. The number of fused-ring (bicyclic) bond motifs is 1. The fourth-order valence-electron chi connectivity index (χ4n) is 11.4. The Morgan fingerprint density at radius 3 is 0.700 bits per heavy atom. The fraction of sp³-hybridized carbons (Fsp3) is 0.759. The lowest BCUT2D eigenvalue weighted by Gasteiger charge is -2.39. The number of hydrogen-bond donors (Lipinski definition) is 4. The van der Waals surface area contributed by atoms with Crippen LogP contribution in [0.3, 0.4) is 0 Å². The summed E-state index contributed by atoms with van der Waals surface area (Å²) >= 11 is 0.